The Hall–Kier alpha value is -1.40. The first-order valence-corrected chi connectivity index (χ1v) is 10.5. The second kappa shape index (κ2) is 7.46. The summed E-state index contributed by atoms with van der Waals surface area (Å²) in [5.74, 6) is 0.0718. The number of rotatable bonds is 3. The average Bonchev–Trinajstić information content (AvgIpc) is 3.32. The van der Waals surface area contributed by atoms with Crippen molar-refractivity contribution in [3.63, 3.8) is 0 Å². The number of nitrogens with zero attached hydrogens (tertiary/aromatic N) is 2. The molecule has 3 aliphatic heterocycles. The number of carbonyl (C=O) groups is 2. The number of fused-ring (bicyclic) bond motifs is 1. The molecule has 0 radical (unpaired) electrons. The van der Waals surface area contributed by atoms with Crippen LogP contribution in [0.15, 0.2) is 17.5 Å². The minimum atomic E-state index is -0.305. The van der Waals surface area contributed by atoms with E-state index in [9.17, 15) is 9.59 Å². The Labute approximate surface area is 153 Å². The monoisotopic (exact) mass is 361 g/mol. The molecule has 0 spiro atoms. The van der Waals surface area contributed by atoms with Crippen LogP contribution < -0.4 is 5.32 Å². The Balaban J connectivity index is 1.43. The number of thiophene rings is 1. The summed E-state index contributed by atoms with van der Waals surface area (Å²) in [5, 5.41) is 5.23. The highest BCUT2D eigenvalue weighted by Gasteiger charge is 2.39. The van der Waals surface area contributed by atoms with E-state index in [1.807, 2.05) is 17.5 Å². The van der Waals surface area contributed by atoms with Gasteiger partial charge in [0.2, 0.25) is 5.91 Å². The van der Waals surface area contributed by atoms with Crippen molar-refractivity contribution in [1.82, 2.24) is 15.1 Å². The van der Waals surface area contributed by atoms with Crippen molar-refractivity contribution in [2.24, 2.45) is 0 Å². The van der Waals surface area contributed by atoms with Gasteiger partial charge in [0.15, 0.2) is 0 Å². The molecule has 4 heterocycles. The van der Waals surface area contributed by atoms with Crippen molar-refractivity contribution in [3.05, 3.63) is 22.4 Å². The fourth-order valence-corrected chi connectivity index (χ4v) is 5.36. The van der Waals surface area contributed by atoms with Crippen LogP contribution in [-0.4, -0.2) is 59.4 Å². The lowest BCUT2D eigenvalue weighted by Gasteiger charge is -2.37. The largest absolute Gasteiger partial charge is 0.350 e. The number of hydrogen-bond acceptors (Lipinski definition) is 4. The van der Waals surface area contributed by atoms with E-state index < -0.39 is 0 Å². The highest BCUT2D eigenvalue weighted by atomic mass is 32.1. The molecule has 0 saturated carbocycles. The summed E-state index contributed by atoms with van der Waals surface area (Å²) in [6, 6.07) is 4.21. The second-order valence-corrected chi connectivity index (χ2v) is 8.44. The lowest BCUT2D eigenvalue weighted by molar-refractivity contribution is -0.127. The Morgan fingerprint density at radius 2 is 1.88 bits per heavy atom. The first kappa shape index (κ1) is 17.0. The molecule has 5 nitrogen and oxygen atoms in total. The molecular formula is C19H27N3O2S. The molecule has 25 heavy (non-hydrogen) atoms. The summed E-state index contributed by atoms with van der Waals surface area (Å²) in [4.78, 5) is 30.9. The van der Waals surface area contributed by atoms with Crippen LogP contribution in [0.4, 0.5) is 0 Å². The molecule has 4 rings (SSSR count). The highest BCUT2D eigenvalue weighted by molar-refractivity contribution is 7.12. The van der Waals surface area contributed by atoms with Gasteiger partial charge >= 0.3 is 0 Å². The van der Waals surface area contributed by atoms with Crippen molar-refractivity contribution in [1.29, 1.82) is 0 Å². The number of hydrogen-bond donors (Lipinski definition) is 1. The summed E-state index contributed by atoms with van der Waals surface area (Å²) < 4.78 is 0. The SMILES string of the molecule is O=C(NC1CCN2CCCCC12)C1CCCCN1C(=O)c1cccs1. The predicted octanol–water partition coefficient (Wildman–Crippen LogP) is 2.49. The zero-order valence-corrected chi connectivity index (χ0v) is 15.5. The van der Waals surface area contributed by atoms with Crippen LogP contribution >= 0.6 is 11.3 Å². The molecule has 6 heteroatoms. The van der Waals surface area contributed by atoms with Gasteiger partial charge in [-0.3, -0.25) is 14.5 Å². The lowest BCUT2D eigenvalue weighted by atomic mass is 9.97. The van der Waals surface area contributed by atoms with E-state index in [0.717, 1.165) is 37.1 Å². The van der Waals surface area contributed by atoms with Crippen LogP contribution in [0.1, 0.15) is 54.6 Å². The Bertz CT molecular complexity index is 618. The maximum atomic E-state index is 13.0. The van der Waals surface area contributed by atoms with Crippen LogP contribution in [0, 0.1) is 0 Å². The van der Waals surface area contributed by atoms with Crippen LogP contribution in [0.5, 0.6) is 0 Å². The summed E-state index contributed by atoms with van der Waals surface area (Å²) >= 11 is 1.46. The minimum absolute atomic E-state index is 0.0144. The van der Waals surface area contributed by atoms with Crippen LogP contribution in [-0.2, 0) is 4.79 Å². The molecule has 136 valence electrons. The third-order valence-corrected chi connectivity index (χ3v) is 6.84. The molecule has 1 aromatic heterocycles. The molecule has 0 aliphatic carbocycles. The van der Waals surface area contributed by atoms with Crippen LogP contribution in [0.2, 0.25) is 0 Å². The minimum Gasteiger partial charge on any atom is -0.350 e. The third-order valence-electron chi connectivity index (χ3n) is 5.98. The molecule has 1 aromatic rings. The fraction of sp³-hybridized carbons (Fsp3) is 0.684. The number of likely N-dealkylation sites (tertiary alicyclic amines) is 1. The fourth-order valence-electron chi connectivity index (χ4n) is 4.68. The molecule has 0 aromatic carbocycles. The normalized spacial score (nSPS) is 30.1. The van der Waals surface area contributed by atoms with E-state index in [2.05, 4.69) is 10.2 Å². The van der Waals surface area contributed by atoms with Gasteiger partial charge in [-0.05, 0) is 56.5 Å². The number of piperidine rings is 2. The van der Waals surface area contributed by atoms with E-state index in [0.29, 0.717) is 12.6 Å². The van der Waals surface area contributed by atoms with E-state index in [1.165, 1.54) is 37.1 Å². The summed E-state index contributed by atoms with van der Waals surface area (Å²) in [5.41, 5.74) is 0. The Morgan fingerprint density at radius 3 is 2.72 bits per heavy atom. The third kappa shape index (κ3) is 3.47. The van der Waals surface area contributed by atoms with Crippen molar-refractivity contribution < 1.29 is 9.59 Å². The van der Waals surface area contributed by atoms with Gasteiger partial charge in [0, 0.05) is 25.2 Å². The van der Waals surface area contributed by atoms with Crippen molar-refractivity contribution in [2.45, 2.75) is 63.1 Å². The number of carbonyl (C=O) groups excluding carboxylic acids is 2. The zero-order valence-electron chi connectivity index (χ0n) is 14.7. The van der Waals surface area contributed by atoms with E-state index in [1.54, 1.807) is 4.90 Å². The van der Waals surface area contributed by atoms with Crippen molar-refractivity contribution >= 4 is 23.2 Å². The van der Waals surface area contributed by atoms with E-state index >= 15 is 0 Å². The standard InChI is InChI=1S/C19H27N3O2S/c23-18(20-14-9-12-21-10-3-1-6-15(14)21)16-7-2-4-11-22(16)19(24)17-8-5-13-25-17/h5,8,13-16H,1-4,6-7,9-12H2,(H,20,23). The maximum absolute atomic E-state index is 13.0. The second-order valence-electron chi connectivity index (χ2n) is 7.49. The van der Waals surface area contributed by atoms with Gasteiger partial charge in [-0.2, -0.15) is 0 Å². The number of amides is 2. The lowest BCUT2D eigenvalue weighted by Crippen LogP contribution is -2.55. The molecule has 3 saturated heterocycles. The Kier molecular flexibility index (Phi) is 5.08. The van der Waals surface area contributed by atoms with Gasteiger partial charge in [-0.15, -0.1) is 11.3 Å². The van der Waals surface area contributed by atoms with E-state index in [4.69, 9.17) is 0 Å². The Morgan fingerprint density at radius 1 is 1.04 bits per heavy atom. The van der Waals surface area contributed by atoms with Gasteiger partial charge in [-0.1, -0.05) is 12.5 Å². The molecule has 2 amide bonds. The molecule has 3 unspecified atom stereocenters. The summed E-state index contributed by atoms with van der Waals surface area (Å²) in [7, 11) is 0. The van der Waals surface area contributed by atoms with Gasteiger partial charge < -0.3 is 10.2 Å². The van der Waals surface area contributed by atoms with Gasteiger partial charge in [-0.25, -0.2) is 0 Å². The topological polar surface area (TPSA) is 52.7 Å². The van der Waals surface area contributed by atoms with Crippen LogP contribution in [0.25, 0.3) is 0 Å². The molecule has 0 bridgehead atoms. The molecule has 3 fully saturated rings. The zero-order chi connectivity index (χ0) is 17.2. The van der Waals surface area contributed by atoms with Gasteiger partial charge in [0.05, 0.1) is 4.88 Å². The first-order valence-electron chi connectivity index (χ1n) is 9.63. The average molecular weight is 362 g/mol. The smallest absolute Gasteiger partial charge is 0.264 e. The number of nitrogens with one attached hydrogen (secondary N) is 1. The molecule has 1 N–H and O–H groups in total. The van der Waals surface area contributed by atoms with E-state index in [-0.39, 0.29) is 23.9 Å². The highest BCUT2D eigenvalue weighted by Crippen LogP contribution is 2.28. The van der Waals surface area contributed by atoms with Crippen LogP contribution in [0.3, 0.4) is 0 Å². The van der Waals surface area contributed by atoms with Gasteiger partial charge in [0.1, 0.15) is 6.04 Å². The maximum Gasteiger partial charge on any atom is 0.264 e. The first-order chi connectivity index (χ1) is 12.2. The molecule has 3 aliphatic rings. The predicted molar refractivity (Wildman–Crippen MR) is 98.8 cm³/mol. The van der Waals surface area contributed by atoms with Crippen molar-refractivity contribution in [2.75, 3.05) is 19.6 Å². The van der Waals surface area contributed by atoms with Crippen molar-refractivity contribution in [3.8, 4) is 0 Å². The quantitative estimate of drug-likeness (QED) is 0.900. The summed E-state index contributed by atoms with van der Waals surface area (Å²) in [6.07, 6.45) is 7.57. The summed E-state index contributed by atoms with van der Waals surface area (Å²) in [6.45, 7) is 2.95. The molecular weight excluding hydrogens is 334 g/mol. The molecule has 3 atom stereocenters. The van der Waals surface area contributed by atoms with Gasteiger partial charge in [0.25, 0.3) is 5.91 Å².